The topological polar surface area (TPSA) is 0 Å². The Morgan fingerprint density at radius 3 is 1.48 bits per heavy atom. The third-order valence-electron chi connectivity index (χ3n) is 4.36. The van der Waals surface area contributed by atoms with Crippen LogP contribution in [0.1, 0.15) is 38.9 Å². The molecule has 0 fully saturated rings. The Morgan fingerprint density at radius 2 is 1.22 bits per heavy atom. The standard InChI is InChI=1S/2C8H11.C7H8Si.2ClH.Zr/c2*1-6-4-7(2)8(3)5-6;8-6-7-4-2-1-3-5-7;;;/h2*4-5H,1-3H3;1-5,8H,6H2;2*1H;/q2*-1;;;;+2/p-2. The summed E-state index contributed by atoms with van der Waals surface area (Å²) in [5.74, 6) is 0. The zero-order valence-electron chi connectivity index (χ0n) is 17.2. The van der Waals surface area contributed by atoms with E-state index in [0.29, 0.717) is 6.16 Å². The number of hydrogen-bond donors (Lipinski definition) is 0. The summed E-state index contributed by atoms with van der Waals surface area (Å²) < 4.78 is 0. The Bertz CT molecular complexity index is 757. The molecule has 4 heteroatoms. The Balaban J connectivity index is 0.000000206. The van der Waals surface area contributed by atoms with Crippen molar-refractivity contribution in [3.8, 4) is 0 Å². The first kappa shape index (κ1) is 24.6. The van der Waals surface area contributed by atoms with Gasteiger partial charge in [-0.1, -0.05) is 41.5 Å². The van der Waals surface area contributed by atoms with E-state index in [-0.39, 0.29) is 0 Å². The molecular formula is C23H30Cl2SiZr-2. The minimum absolute atomic E-state index is 0.334. The molecule has 0 saturated carbocycles. The zero-order chi connectivity index (χ0) is 20.4. The molecule has 0 saturated heterocycles. The summed E-state index contributed by atoms with van der Waals surface area (Å²) in [5.41, 5.74) is 9.75. The normalized spacial score (nSPS) is 9.63. The molecule has 0 aliphatic heterocycles. The van der Waals surface area contributed by atoms with Gasteiger partial charge in [0, 0.05) is 0 Å². The van der Waals surface area contributed by atoms with Gasteiger partial charge in [0.15, 0.2) is 0 Å². The Labute approximate surface area is 181 Å². The van der Waals surface area contributed by atoms with Crippen LogP contribution in [0.2, 0.25) is 0 Å². The van der Waals surface area contributed by atoms with Crippen LogP contribution < -0.4 is 0 Å². The van der Waals surface area contributed by atoms with Crippen molar-refractivity contribution in [2.45, 2.75) is 47.6 Å². The number of benzene rings is 1. The summed E-state index contributed by atoms with van der Waals surface area (Å²) in [6.45, 7) is 12.8. The molecule has 0 heterocycles. The van der Waals surface area contributed by atoms with Crippen molar-refractivity contribution >= 4 is 23.2 Å². The summed E-state index contributed by atoms with van der Waals surface area (Å²) in [5, 5.41) is 0. The van der Waals surface area contributed by atoms with Crippen LogP contribution in [-0.2, 0) is 24.0 Å². The molecule has 0 radical (unpaired) electrons. The third-order valence-corrected chi connectivity index (χ3v) is 14.6. The quantitative estimate of drug-likeness (QED) is 0.262. The third kappa shape index (κ3) is 10.6. The molecule has 0 spiro atoms. The fourth-order valence-electron chi connectivity index (χ4n) is 2.71. The molecule has 0 amide bonds. The first-order valence-electron chi connectivity index (χ1n) is 9.15. The number of halogens is 2. The second-order valence-electron chi connectivity index (χ2n) is 6.98. The maximum absolute atomic E-state index is 5.83. The van der Waals surface area contributed by atoms with Gasteiger partial charge in [-0.3, -0.25) is 0 Å². The van der Waals surface area contributed by atoms with Gasteiger partial charge in [-0.25, -0.2) is 12.1 Å². The second-order valence-corrected chi connectivity index (χ2v) is 25.9. The fourth-order valence-corrected chi connectivity index (χ4v) is 8.99. The molecule has 0 aromatic heterocycles. The molecule has 0 unspecified atom stereocenters. The summed E-state index contributed by atoms with van der Waals surface area (Å²) in [7, 11) is 11.7. The van der Waals surface area contributed by atoms with E-state index in [2.05, 4.69) is 90.1 Å². The van der Waals surface area contributed by atoms with Crippen LogP contribution in [0.5, 0.6) is 0 Å². The van der Waals surface area contributed by atoms with Crippen LogP contribution in [0, 0.1) is 41.5 Å². The Kier molecular flexibility index (Phi) is 11.8. The van der Waals surface area contributed by atoms with E-state index >= 15 is 0 Å². The predicted octanol–water partition coefficient (Wildman–Crippen LogP) is 7.13. The summed E-state index contributed by atoms with van der Waals surface area (Å²) in [4.78, 5) is 0. The first-order valence-corrected chi connectivity index (χ1v) is 21.1. The van der Waals surface area contributed by atoms with E-state index < -0.39 is 18.0 Å². The van der Waals surface area contributed by atoms with Gasteiger partial charge in [0.1, 0.15) is 0 Å². The predicted molar refractivity (Wildman–Crippen MR) is 121 cm³/mol. The molecule has 0 aliphatic rings. The average molecular weight is 497 g/mol. The SMILES string of the molecule is Cc1cc(C)c(C)[cH-]1.Cc1cc(C)c(C)[cH-]1.[Cl][Zr]([Cl])=[SiH]Cc1ccccc1. The van der Waals surface area contributed by atoms with Gasteiger partial charge in [0.2, 0.25) is 0 Å². The second kappa shape index (κ2) is 12.9. The number of aryl methyl sites for hydroxylation is 6. The van der Waals surface area contributed by atoms with Crippen molar-refractivity contribution in [2.24, 2.45) is 0 Å². The molecular weight excluding hydrogens is 466 g/mol. The van der Waals surface area contributed by atoms with Crippen molar-refractivity contribution in [1.29, 1.82) is 0 Å². The monoisotopic (exact) mass is 494 g/mol. The Morgan fingerprint density at radius 1 is 0.778 bits per heavy atom. The van der Waals surface area contributed by atoms with Gasteiger partial charge >= 0.3 is 83.1 Å². The number of hydrogen-bond acceptors (Lipinski definition) is 0. The van der Waals surface area contributed by atoms with Crippen LogP contribution in [0.3, 0.4) is 0 Å². The average Bonchev–Trinajstić information content (AvgIpc) is 3.06. The van der Waals surface area contributed by atoms with Crippen LogP contribution in [-0.4, -0.2) is 6.16 Å². The van der Waals surface area contributed by atoms with Crippen molar-refractivity contribution in [3.63, 3.8) is 0 Å². The van der Waals surface area contributed by atoms with Gasteiger partial charge in [-0.2, -0.15) is 45.5 Å². The van der Waals surface area contributed by atoms with Gasteiger partial charge in [0.05, 0.1) is 0 Å². The fraction of sp³-hybridized carbons (Fsp3) is 0.304. The number of rotatable bonds is 2. The maximum atomic E-state index is 5.83. The molecule has 3 rings (SSSR count). The van der Waals surface area contributed by atoms with Gasteiger partial charge < -0.3 is 0 Å². The van der Waals surface area contributed by atoms with E-state index in [1.165, 1.54) is 38.9 Å². The van der Waals surface area contributed by atoms with Crippen molar-refractivity contribution in [1.82, 2.24) is 0 Å². The van der Waals surface area contributed by atoms with E-state index in [9.17, 15) is 0 Å². The van der Waals surface area contributed by atoms with Gasteiger partial charge in [-0.15, -0.1) is 0 Å². The molecule has 146 valence electrons. The molecule has 0 atom stereocenters. The molecule has 0 aliphatic carbocycles. The van der Waals surface area contributed by atoms with Gasteiger partial charge in [-0.05, 0) is 0 Å². The molecule has 0 nitrogen and oxygen atoms in total. The summed E-state index contributed by atoms with van der Waals surface area (Å²) in [6.07, 6.45) is 0.334. The molecule has 27 heavy (non-hydrogen) atoms. The zero-order valence-corrected chi connectivity index (χ0v) is 22.4. The van der Waals surface area contributed by atoms with Crippen LogP contribution in [0.15, 0.2) is 54.6 Å². The van der Waals surface area contributed by atoms with Crippen LogP contribution in [0.25, 0.3) is 0 Å². The Hall–Kier alpha value is -0.400. The van der Waals surface area contributed by atoms with Crippen molar-refractivity contribution < 1.29 is 18.0 Å². The van der Waals surface area contributed by atoms with Crippen molar-refractivity contribution in [2.75, 3.05) is 0 Å². The van der Waals surface area contributed by atoms with Crippen LogP contribution >= 0.6 is 17.0 Å². The van der Waals surface area contributed by atoms with E-state index in [1.807, 2.05) is 6.07 Å². The first-order chi connectivity index (χ1) is 12.7. The van der Waals surface area contributed by atoms with E-state index in [1.54, 1.807) is 0 Å². The van der Waals surface area contributed by atoms with Crippen LogP contribution in [0.4, 0.5) is 0 Å². The van der Waals surface area contributed by atoms with E-state index in [0.717, 1.165) is 6.04 Å². The van der Waals surface area contributed by atoms with Gasteiger partial charge in [0.25, 0.3) is 0 Å². The molecule has 0 N–H and O–H groups in total. The molecule has 3 aromatic carbocycles. The molecule has 0 bridgehead atoms. The summed E-state index contributed by atoms with van der Waals surface area (Å²) in [6, 6.07) is 20.3. The summed E-state index contributed by atoms with van der Waals surface area (Å²) >= 11 is -1.79. The minimum atomic E-state index is -1.79. The van der Waals surface area contributed by atoms with E-state index in [4.69, 9.17) is 17.0 Å². The van der Waals surface area contributed by atoms with Crippen molar-refractivity contribution in [3.05, 3.63) is 93.5 Å². The molecule has 3 aromatic rings.